The molecule has 2 N–H and O–H groups in total. The third-order valence-corrected chi connectivity index (χ3v) is 2.63. The molecule has 6 heteroatoms. The fourth-order valence-corrected chi connectivity index (χ4v) is 1.73. The van der Waals surface area contributed by atoms with Gasteiger partial charge in [-0.3, -0.25) is 4.68 Å². The zero-order valence-corrected chi connectivity index (χ0v) is 10.3. The summed E-state index contributed by atoms with van der Waals surface area (Å²) in [5.41, 5.74) is 2.27. The number of aromatic carboxylic acids is 1. The molecule has 0 saturated carbocycles. The Kier molecular flexibility index (Phi) is 3.47. The monoisotopic (exact) mass is 249 g/mol. The van der Waals surface area contributed by atoms with Crippen LogP contribution in [-0.2, 0) is 20.1 Å². The maximum Gasteiger partial charge on any atom is 0.338 e. The van der Waals surface area contributed by atoms with E-state index < -0.39 is 5.97 Å². The number of hydrogen-bond donors (Lipinski definition) is 2. The molecule has 0 unspecified atom stereocenters. The minimum Gasteiger partial charge on any atom is -0.478 e. The summed E-state index contributed by atoms with van der Waals surface area (Å²) in [5, 5.41) is 16.2. The summed E-state index contributed by atoms with van der Waals surface area (Å²) in [6.45, 7) is 3.11. The highest BCUT2D eigenvalue weighted by molar-refractivity contribution is 5.87. The van der Waals surface area contributed by atoms with E-state index in [1.54, 1.807) is 4.68 Å². The normalized spacial score (nSPS) is 10.8. The first-order valence-electron chi connectivity index (χ1n) is 5.57. The van der Waals surface area contributed by atoms with Crippen LogP contribution in [0.25, 0.3) is 0 Å². The van der Waals surface area contributed by atoms with E-state index in [1.807, 2.05) is 20.2 Å². The van der Waals surface area contributed by atoms with Gasteiger partial charge in [0, 0.05) is 25.4 Å². The molecule has 0 atom stereocenters. The Balaban J connectivity index is 1.88. The van der Waals surface area contributed by atoms with E-state index in [4.69, 9.17) is 9.52 Å². The highest BCUT2D eigenvalue weighted by Crippen LogP contribution is 2.08. The van der Waals surface area contributed by atoms with Gasteiger partial charge in [-0.25, -0.2) is 4.79 Å². The van der Waals surface area contributed by atoms with Crippen LogP contribution in [0.1, 0.15) is 27.4 Å². The first-order valence-corrected chi connectivity index (χ1v) is 5.57. The lowest BCUT2D eigenvalue weighted by Crippen LogP contribution is -2.12. The van der Waals surface area contributed by atoms with Gasteiger partial charge in [-0.15, -0.1) is 0 Å². The molecule has 0 aliphatic rings. The molecule has 6 nitrogen and oxygen atoms in total. The summed E-state index contributed by atoms with van der Waals surface area (Å²) in [6.07, 6.45) is 3.20. The largest absolute Gasteiger partial charge is 0.478 e. The van der Waals surface area contributed by atoms with Crippen molar-refractivity contribution in [2.24, 2.45) is 7.05 Å². The Morgan fingerprint density at radius 1 is 1.56 bits per heavy atom. The molecule has 0 aliphatic carbocycles. The van der Waals surface area contributed by atoms with Crippen molar-refractivity contribution >= 4 is 5.97 Å². The Hall–Kier alpha value is -2.08. The third-order valence-electron chi connectivity index (χ3n) is 2.63. The van der Waals surface area contributed by atoms with E-state index in [1.165, 1.54) is 12.3 Å². The average molecular weight is 249 g/mol. The molecule has 0 aromatic carbocycles. The predicted molar refractivity (Wildman–Crippen MR) is 64.2 cm³/mol. The quantitative estimate of drug-likeness (QED) is 0.835. The molecule has 0 spiro atoms. The van der Waals surface area contributed by atoms with Crippen molar-refractivity contribution in [1.82, 2.24) is 15.1 Å². The van der Waals surface area contributed by atoms with E-state index >= 15 is 0 Å². The van der Waals surface area contributed by atoms with E-state index in [9.17, 15) is 4.79 Å². The Morgan fingerprint density at radius 2 is 2.33 bits per heavy atom. The van der Waals surface area contributed by atoms with Crippen molar-refractivity contribution in [1.29, 1.82) is 0 Å². The molecule has 2 aromatic heterocycles. The summed E-state index contributed by atoms with van der Waals surface area (Å²) in [4.78, 5) is 10.7. The molecule has 2 aromatic rings. The van der Waals surface area contributed by atoms with Gasteiger partial charge in [-0.2, -0.15) is 5.10 Å². The zero-order chi connectivity index (χ0) is 13.1. The maximum absolute atomic E-state index is 10.7. The first-order chi connectivity index (χ1) is 8.56. The van der Waals surface area contributed by atoms with Crippen LogP contribution >= 0.6 is 0 Å². The second-order valence-electron chi connectivity index (χ2n) is 4.12. The van der Waals surface area contributed by atoms with Gasteiger partial charge in [-0.1, -0.05) is 0 Å². The van der Waals surface area contributed by atoms with E-state index in [2.05, 4.69) is 10.4 Å². The number of furan rings is 1. The number of carboxylic acid groups (broad SMARTS) is 1. The van der Waals surface area contributed by atoms with E-state index in [-0.39, 0.29) is 5.56 Å². The van der Waals surface area contributed by atoms with Crippen molar-refractivity contribution in [3.05, 3.63) is 41.1 Å². The van der Waals surface area contributed by atoms with Gasteiger partial charge in [0.25, 0.3) is 0 Å². The molecule has 0 amide bonds. The van der Waals surface area contributed by atoms with Gasteiger partial charge in [0.15, 0.2) is 0 Å². The van der Waals surface area contributed by atoms with Crippen molar-refractivity contribution in [3.63, 3.8) is 0 Å². The predicted octanol–water partition coefficient (Wildman–Crippen LogP) is 1.31. The summed E-state index contributed by atoms with van der Waals surface area (Å²) in [5.74, 6) is -0.373. The Morgan fingerprint density at radius 3 is 2.89 bits per heavy atom. The van der Waals surface area contributed by atoms with Gasteiger partial charge < -0.3 is 14.8 Å². The second-order valence-corrected chi connectivity index (χ2v) is 4.12. The smallest absolute Gasteiger partial charge is 0.338 e. The van der Waals surface area contributed by atoms with Crippen LogP contribution in [0, 0.1) is 6.92 Å². The van der Waals surface area contributed by atoms with Crippen LogP contribution in [0.5, 0.6) is 0 Å². The van der Waals surface area contributed by atoms with Gasteiger partial charge in [0.1, 0.15) is 12.0 Å². The molecule has 18 heavy (non-hydrogen) atoms. The highest BCUT2D eigenvalue weighted by Gasteiger charge is 2.08. The van der Waals surface area contributed by atoms with E-state index in [0.29, 0.717) is 18.8 Å². The molecule has 0 saturated heterocycles. The first kappa shape index (κ1) is 12.4. The summed E-state index contributed by atoms with van der Waals surface area (Å²) in [7, 11) is 1.88. The number of rotatable bonds is 5. The fraction of sp³-hybridized carbons (Fsp3) is 0.333. The molecular weight excluding hydrogens is 234 g/mol. The van der Waals surface area contributed by atoms with Gasteiger partial charge in [0.05, 0.1) is 17.8 Å². The number of aryl methyl sites for hydroxylation is 2. The summed E-state index contributed by atoms with van der Waals surface area (Å²) >= 11 is 0. The highest BCUT2D eigenvalue weighted by atomic mass is 16.4. The van der Waals surface area contributed by atoms with Crippen LogP contribution < -0.4 is 5.32 Å². The third kappa shape index (κ3) is 2.78. The minimum absolute atomic E-state index is 0.171. The Labute approximate surface area is 104 Å². The van der Waals surface area contributed by atoms with Crippen LogP contribution in [0.15, 0.2) is 22.9 Å². The molecular formula is C12H15N3O3. The molecule has 0 aliphatic heterocycles. The minimum atomic E-state index is -0.979. The van der Waals surface area contributed by atoms with Gasteiger partial charge >= 0.3 is 5.97 Å². The molecule has 2 heterocycles. The number of aromatic nitrogens is 2. The van der Waals surface area contributed by atoms with Crippen molar-refractivity contribution in [2.45, 2.75) is 20.0 Å². The maximum atomic E-state index is 10.7. The fourth-order valence-electron chi connectivity index (χ4n) is 1.73. The average Bonchev–Trinajstić information content (AvgIpc) is 2.87. The Bertz CT molecular complexity index is 557. The number of carbonyl (C=O) groups is 1. The lowest BCUT2D eigenvalue weighted by atomic mass is 10.2. The van der Waals surface area contributed by atoms with Crippen LogP contribution in [-0.4, -0.2) is 20.9 Å². The van der Waals surface area contributed by atoms with Crippen LogP contribution in [0.3, 0.4) is 0 Å². The van der Waals surface area contributed by atoms with E-state index in [0.717, 1.165) is 11.3 Å². The van der Waals surface area contributed by atoms with Gasteiger partial charge in [0.2, 0.25) is 0 Å². The molecule has 0 bridgehead atoms. The van der Waals surface area contributed by atoms with Gasteiger partial charge in [-0.05, 0) is 13.0 Å². The second kappa shape index (κ2) is 5.05. The van der Waals surface area contributed by atoms with Crippen molar-refractivity contribution in [2.75, 3.05) is 0 Å². The topological polar surface area (TPSA) is 80.3 Å². The molecule has 0 radical (unpaired) electrons. The molecule has 0 fully saturated rings. The molecule has 2 rings (SSSR count). The van der Waals surface area contributed by atoms with Crippen LogP contribution in [0.4, 0.5) is 0 Å². The lowest BCUT2D eigenvalue weighted by molar-refractivity contribution is 0.0696. The molecule has 96 valence electrons. The van der Waals surface area contributed by atoms with Crippen molar-refractivity contribution in [3.8, 4) is 0 Å². The standard InChI is InChI=1S/C12H15N3O3/c1-8-10(6-15(2)14-8)4-13-5-11-3-9(7-18-11)12(16)17/h3,6-7,13H,4-5H2,1-2H3,(H,16,17). The SMILES string of the molecule is Cc1nn(C)cc1CNCc1cc(C(=O)O)co1. The lowest BCUT2D eigenvalue weighted by Gasteiger charge is -2.00. The summed E-state index contributed by atoms with van der Waals surface area (Å²) < 4.78 is 6.90. The zero-order valence-electron chi connectivity index (χ0n) is 10.3. The number of nitrogens with zero attached hydrogens (tertiary/aromatic N) is 2. The van der Waals surface area contributed by atoms with Crippen molar-refractivity contribution < 1.29 is 14.3 Å². The number of hydrogen-bond acceptors (Lipinski definition) is 4. The van der Waals surface area contributed by atoms with Crippen LogP contribution in [0.2, 0.25) is 0 Å². The number of nitrogens with one attached hydrogen (secondary N) is 1. The summed E-state index contributed by atoms with van der Waals surface area (Å²) in [6, 6.07) is 1.52. The number of carboxylic acids is 1.